The van der Waals surface area contributed by atoms with E-state index in [-0.39, 0.29) is 27.3 Å². The minimum Gasteiger partial charge on any atom is -0.748 e. The van der Waals surface area contributed by atoms with Crippen LogP contribution in [0.5, 0.6) is 0 Å². The van der Waals surface area contributed by atoms with E-state index in [1.165, 1.54) is 0 Å². The number of rotatable bonds is 0. The standard InChI is InChI=1S/CH4O3S.Pb/c1-5(2,3)4;/h1H3,(H,2,3,4);/q;+2/p-1. The smallest absolute Gasteiger partial charge is 0.748 e. The van der Waals surface area contributed by atoms with Crippen LogP contribution >= 0.6 is 0 Å². The van der Waals surface area contributed by atoms with E-state index in [4.69, 9.17) is 13.0 Å². The van der Waals surface area contributed by atoms with Gasteiger partial charge in [-0.3, -0.25) is 0 Å². The van der Waals surface area contributed by atoms with Crippen LogP contribution in [-0.2, 0) is 10.1 Å². The van der Waals surface area contributed by atoms with Gasteiger partial charge in [0.05, 0.1) is 10.1 Å². The zero-order chi connectivity index (χ0) is 4.50. The molecule has 3 nitrogen and oxygen atoms in total. The molecule has 0 rings (SSSR count). The minimum absolute atomic E-state index is 0. The summed E-state index contributed by atoms with van der Waals surface area (Å²) in [4.78, 5) is 0. The second kappa shape index (κ2) is 2.92. The molecule has 0 bridgehead atoms. The molecular formula is CH3O3PbS+. The molecule has 0 N–H and O–H groups in total. The third-order valence-electron chi connectivity index (χ3n) is 0. The first-order chi connectivity index (χ1) is 2.00. The molecule has 5 heteroatoms. The van der Waals surface area contributed by atoms with Crippen LogP contribution in [0.3, 0.4) is 0 Å². The van der Waals surface area contributed by atoms with Gasteiger partial charge in [0.15, 0.2) is 0 Å². The first-order valence-corrected chi connectivity index (χ1v) is 2.72. The van der Waals surface area contributed by atoms with Crippen molar-refractivity contribution in [2.75, 3.05) is 6.26 Å². The van der Waals surface area contributed by atoms with Gasteiger partial charge < -0.3 is 4.55 Å². The molecular weight excluding hydrogens is 299 g/mol. The van der Waals surface area contributed by atoms with Crippen molar-refractivity contribution in [1.29, 1.82) is 0 Å². The molecule has 0 aliphatic carbocycles. The third-order valence-corrected chi connectivity index (χ3v) is 0. The molecule has 6 heavy (non-hydrogen) atoms. The van der Waals surface area contributed by atoms with E-state index in [1.54, 1.807) is 0 Å². The molecule has 0 saturated heterocycles. The molecule has 0 atom stereocenters. The Bertz CT molecular complexity index is 94.0. The third kappa shape index (κ3) is 102. The first-order valence-electron chi connectivity index (χ1n) is 0.908. The fraction of sp³-hybridized carbons (Fsp3) is 1.00. The summed E-state index contributed by atoms with van der Waals surface area (Å²) in [6, 6.07) is 0. The summed E-state index contributed by atoms with van der Waals surface area (Å²) in [5, 5.41) is 0. The molecule has 0 aliphatic rings. The van der Waals surface area contributed by atoms with Crippen LogP contribution in [0, 0.1) is 0 Å². The summed E-state index contributed by atoms with van der Waals surface area (Å²) < 4.78 is 27.2. The van der Waals surface area contributed by atoms with E-state index in [0.29, 0.717) is 6.26 Å². The number of hydrogen-bond acceptors (Lipinski definition) is 3. The Morgan fingerprint density at radius 3 is 1.50 bits per heavy atom. The molecule has 2 radical (unpaired) electrons. The molecule has 0 aromatic carbocycles. The van der Waals surface area contributed by atoms with Crippen LogP contribution in [0.1, 0.15) is 0 Å². The molecule has 0 saturated carbocycles. The maximum absolute atomic E-state index is 9.08. The predicted molar refractivity (Wildman–Crippen MR) is 21.4 cm³/mol. The van der Waals surface area contributed by atoms with E-state index >= 15 is 0 Å². The molecule has 0 amide bonds. The van der Waals surface area contributed by atoms with Gasteiger partial charge in [0, 0.05) is 6.26 Å². The van der Waals surface area contributed by atoms with Crippen LogP contribution in [0.2, 0.25) is 0 Å². The van der Waals surface area contributed by atoms with E-state index in [1.807, 2.05) is 0 Å². The summed E-state index contributed by atoms with van der Waals surface area (Å²) in [6.45, 7) is 0. The molecule has 0 aromatic rings. The second-order valence-electron chi connectivity index (χ2n) is 0.704. The van der Waals surface area contributed by atoms with Gasteiger partial charge in [-0.1, -0.05) is 0 Å². The largest absolute Gasteiger partial charge is 2.00 e. The van der Waals surface area contributed by atoms with Crippen LogP contribution in [0.25, 0.3) is 0 Å². The fourth-order valence-electron chi connectivity index (χ4n) is 0. The topological polar surface area (TPSA) is 57.2 Å². The summed E-state index contributed by atoms with van der Waals surface area (Å²) >= 11 is 0. The summed E-state index contributed by atoms with van der Waals surface area (Å²) in [7, 11) is -3.92. The van der Waals surface area contributed by atoms with E-state index < -0.39 is 10.1 Å². The summed E-state index contributed by atoms with van der Waals surface area (Å²) in [5.41, 5.74) is 0. The number of hydrogen-bond donors (Lipinski definition) is 0. The molecule has 0 spiro atoms. The van der Waals surface area contributed by atoms with Crippen LogP contribution in [-0.4, -0.2) is 46.5 Å². The van der Waals surface area contributed by atoms with Crippen molar-refractivity contribution in [3.05, 3.63) is 0 Å². The zero-order valence-electron chi connectivity index (χ0n) is 3.13. The van der Waals surface area contributed by atoms with Crippen LogP contribution in [0.4, 0.5) is 0 Å². The maximum atomic E-state index is 9.08. The fourth-order valence-corrected chi connectivity index (χ4v) is 0. The average molecular weight is 302 g/mol. The Morgan fingerprint density at radius 2 is 1.50 bits per heavy atom. The predicted octanol–water partition coefficient (Wildman–Crippen LogP) is -1.22. The van der Waals surface area contributed by atoms with Crippen molar-refractivity contribution in [3.8, 4) is 0 Å². The monoisotopic (exact) mass is 303 g/mol. The SMILES string of the molecule is CS(=O)(=O)[O-].[Pb+2]. The van der Waals surface area contributed by atoms with Crippen molar-refractivity contribution in [3.63, 3.8) is 0 Å². The van der Waals surface area contributed by atoms with Gasteiger partial charge >= 0.3 is 27.3 Å². The molecule has 0 aromatic heterocycles. The summed E-state index contributed by atoms with van der Waals surface area (Å²) in [5.74, 6) is 0. The van der Waals surface area contributed by atoms with Gasteiger partial charge in [0.1, 0.15) is 0 Å². The van der Waals surface area contributed by atoms with Gasteiger partial charge in [-0.2, -0.15) is 0 Å². The Balaban J connectivity index is 0. The Kier molecular flexibility index (Phi) is 4.84. The van der Waals surface area contributed by atoms with Gasteiger partial charge in [-0.05, 0) is 0 Å². The average Bonchev–Trinajstić information content (AvgIpc) is 0.722. The molecule has 34 valence electrons. The molecule has 0 fully saturated rings. The van der Waals surface area contributed by atoms with Crippen LogP contribution < -0.4 is 0 Å². The molecule has 0 heterocycles. The second-order valence-corrected chi connectivity index (χ2v) is 2.11. The van der Waals surface area contributed by atoms with Gasteiger partial charge in [-0.25, -0.2) is 8.42 Å². The van der Waals surface area contributed by atoms with E-state index in [2.05, 4.69) is 0 Å². The van der Waals surface area contributed by atoms with Crippen molar-refractivity contribution >= 4 is 37.4 Å². The first kappa shape index (κ1) is 9.95. The minimum atomic E-state index is -3.92. The van der Waals surface area contributed by atoms with E-state index in [9.17, 15) is 0 Å². The summed E-state index contributed by atoms with van der Waals surface area (Å²) in [6.07, 6.45) is 0.604. The van der Waals surface area contributed by atoms with Crippen molar-refractivity contribution in [1.82, 2.24) is 0 Å². The Labute approximate surface area is 56.7 Å². The zero-order valence-corrected chi connectivity index (χ0v) is 7.84. The normalized spacial score (nSPS) is 9.67. The molecule has 0 unspecified atom stereocenters. The van der Waals surface area contributed by atoms with Gasteiger partial charge in [0.2, 0.25) is 0 Å². The van der Waals surface area contributed by atoms with Crippen molar-refractivity contribution in [2.24, 2.45) is 0 Å². The van der Waals surface area contributed by atoms with Crippen LogP contribution in [0.15, 0.2) is 0 Å². The quantitative estimate of drug-likeness (QED) is 0.416. The van der Waals surface area contributed by atoms with E-state index in [0.717, 1.165) is 0 Å². The van der Waals surface area contributed by atoms with Gasteiger partial charge in [0.25, 0.3) is 0 Å². The Morgan fingerprint density at radius 1 is 1.50 bits per heavy atom. The van der Waals surface area contributed by atoms with Crippen molar-refractivity contribution in [2.45, 2.75) is 0 Å². The molecule has 0 aliphatic heterocycles. The maximum Gasteiger partial charge on any atom is 2.00 e. The van der Waals surface area contributed by atoms with Gasteiger partial charge in [-0.15, -0.1) is 0 Å². The Hall–Kier alpha value is 0.832. The van der Waals surface area contributed by atoms with Crippen molar-refractivity contribution < 1.29 is 13.0 Å².